The molecule has 1 heterocycles. The summed E-state index contributed by atoms with van der Waals surface area (Å²) in [6.07, 6.45) is 0.807. The summed E-state index contributed by atoms with van der Waals surface area (Å²) >= 11 is 0. The van der Waals surface area contributed by atoms with E-state index in [4.69, 9.17) is 0 Å². The molecular weight excluding hydrogens is 354 g/mol. The Morgan fingerprint density at radius 2 is 1.82 bits per heavy atom. The smallest absolute Gasteiger partial charge is 0.278 e. The maximum Gasteiger partial charge on any atom is 0.278 e. The molecule has 0 atom stereocenters. The summed E-state index contributed by atoms with van der Waals surface area (Å²) in [6, 6.07) is 15.2. The van der Waals surface area contributed by atoms with Crippen LogP contribution < -0.4 is 10.6 Å². The Morgan fingerprint density at radius 1 is 1.04 bits per heavy atom. The average molecular weight is 377 g/mol. The molecule has 0 unspecified atom stereocenters. The van der Waals surface area contributed by atoms with E-state index in [1.54, 1.807) is 6.92 Å². The highest BCUT2D eigenvalue weighted by atomic mass is 16.2. The van der Waals surface area contributed by atoms with Gasteiger partial charge in [-0.2, -0.15) is 0 Å². The number of rotatable bonds is 6. The molecule has 0 aliphatic carbocycles. The number of hydrogen-bond acceptors (Lipinski definition) is 4. The van der Waals surface area contributed by atoms with Crippen LogP contribution in [0, 0.1) is 13.8 Å². The van der Waals surface area contributed by atoms with E-state index in [9.17, 15) is 9.59 Å². The first-order chi connectivity index (χ1) is 13.5. The third-order valence-electron chi connectivity index (χ3n) is 4.44. The van der Waals surface area contributed by atoms with Gasteiger partial charge in [-0.15, -0.1) is 5.10 Å². The number of nitrogens with zero attached hydrogens (tertiary/aromatic N) is 3. The molecule has 2 N–H and O–H groups in total. The van der Waals surface area contributed by atoms with E-state index in [1.165, 1.54) is 4.68 Å². The van der Waals surface area contributed by atoms with Gasteiger partial charge in [0.2, 0.25) is 5.91 Å². The number of aromatic nitrogens is 3. The number of nitrogens with one attached hydrogen (secondary N) is 2. The standard InChI is InChI=1S/C21H23N5O2/c1-4-16-9-5-6-11-18(16)23-21(28)20-15(3)26(25-24-20)13-19(27)22-17-10-7-8-14(2)12-17/h5-12H,4,13H2,1-3H3,(H,22,27)(H,23,28). The first-order valence-electron chi connectivity index (χ1n) is 9.13. The van der Waals surface area contributed by atoms with Gasteiger partial charge in [0.15, 0.2) is 5.69 Å². The highest BCUT2D eigenvalue weighted by Crippen LogP contribution is 2.17. The van der Waals surface area contributed by atoms with E-state index >= 15 is 0 Å². The van der Waals surface area contributed by atoms with Crippen LogP contribution in [0.4, 0.5) is 11.4 Å². The highest BCUT2D eigenvalue weighted by Gasteiger charge is 2.18. The summed E-state index contributed by atoms with van der Waals surface area (Å²) in [5, 5.41) is 13.6. The second-order valence-electron chi connectivity index (χ2n) is 6.56. The fourth-order valence-electron chi connectivity index (χ4n) is 2.91. The Hall–Kier alpha value is -3.48. The normalized spacial score (nSPS) is 10.5. The largest absolute Gasteiger partial charge is 0.324 e. The van der Waals surface area contributed by atoms with Crippen LogP contribution in [-0.4, -0.2) is 26.8 Å². The number of amides is 2. The molecule has 7 heteroatoms. The van der Waals surface area contributed by atoms with Crippen LogP contribution in [0.2, 0.25) is 0 Å². The highest BCUT2D eigenvalue weighted by molar-refractivity contribution is 6.04. The van der Waals surface area contributed by atoms with Gasteiger partial charge in [0.25, 0.3) is 5.91 Å². The zero-order valence-corrected chi connectivity index (χ0v) is 16.2. The molecule has 1 aromatic heterocycles. The summed E-state index contributed by atoms with van der Waals surface area (Å²) in [7, 11) is 0. The molecule has 0 saturated heterocycles. The van der Waals surface area contributed by atoms with Crippen LogP contribution in [0.1, 0.15) is 34.2 Å². The minimum absolute atomic E-state index is 0.0222. The maximum atomic E-state index is 12.6. The van der Waals surface area contributed by atoms with Crippen molar-refractivity contribution in [2.75, 3.05) is 10.6 Å². The molecule has 7 nitrogen and oxygen atoms in total. The third kappa shape index (κ3) is 4.43. The van der Waals surface area contributed by atoms with Crippen molar-refractivity contribution in [2.24, 2.45) is 0 Å². The summed E-state index contributed by atoms with van der Waals surface area (Å²) < 4.78 is 1.42. The van der Waals surface area contributed by atoms with Crippen LogP contribution in [-0.2, 0) is 17.8 Å². The van der Waals surface area contributed by atoms with Crippen LogP contribution in [0.25, 0.3) is 0 Å². The number of anilines is 2. The molecule has 0 radical (unpaired) electrons. The van der Waals surface area contributed by atoms with Crippen LogP contribution in [0.3, 0.4) is 0 Å². The van der Waals surface area contributed by atoms with Crippen molar-refractivity contribution in [3.8, 4) is 0 Å². The van der Waals surface area contributed by atoms with E-state index in [0.29, 0.717) is 5.69 Å². The van der Waals surface area contributed by atoms with Crippen molar-refractivity contribution in [1.29, 1.82) is 0 Å². The molecule has 144 valence electrons. The van der Waals surface area contributed by atoms with Gasteiger partial charge in [-0.05, 0) is 49.6 Å². The fourth-order valence-corrected chi connectivity index (χ4v) is 2.91. The molecule has 0 spiro atoms. The van der Waals surface area contributed by atoms with Crippen molar-refractivity contribution in [3.05, 3.63) is 71.0 Å². The van der Waals surface area contributed by atoms with Crippen molar-refractivity contribution in [1.82, 2.24) is 15.0 Å². The van der Waals surface area contributed by atoms with Gasteiger partial charge in [0, 0.05) is 11.4 Å². The second-order valence-corrected chi connectivity index (χ2v) is 6.56. The summed E-state index contributed by atoms with van der Waals surface area (Å²) in [6.45, 7) is 5.68. The molecular formula is C21H23N5O2. The summed E-state index contributed by atoms with van der Waals surface area (Å²) in [5.74, 6) is -0.578. The van der Waals surface area contributed by atoms with Gasteiger partial charge in [0.05, 0.1) is 5.69 Å². The predicted molar refractivity (Wildman–Crippen MR) is 108 cm³/mol. The first-order valence-corrected chi connectivity index (χ1v) is 9.13. The zero-order chi connectivity index (χ0) is 20.1. The van der Waals surface area contributed by atoms with Crippen molar-refractivity contribution >= 4 is 23.2 Å². The van der Waals surface area contributed by atoms with Crippen LogP contribution >= 0.6 is 0 Å². The average Bonchev–Trinajstić information content (AvgIpc) is 3.02. The molecule has 0 fully saturated rings. The Labute approximate surface area is 163 Å². The number of aryl methyl sites for hydroxylation is 2. The molecule has 2 amide bonds. The molecule has 0 aliphatic heterocycles. The number of benzene rings is 2. The van der Waals surface area contributed by atoms with Crippen LogP contribution in [0.15, 0.2) is 48.5 Å². The monoisotopic (exact) mass is 377 g/mol. The molecule has 28 heavy (non-hydrogen) atoms. The number of hydrogen-bond donors (Lipinski definition) is 2. The van der Waals surface area contributed by atoms with Gasteiger partial charge in [-0.3, -0.25) is 9.59 Å². The summed E-state index contributed by atoms with van der Waals surface area (Å²) in [4.78, 5) is 24.9. The minimum Gasteiger partial charge on any atom is -0.324 e. The minimum atomic E-state index is -0.344. The van der Waals surface area contributed by atoms with E-state index in [2.05, 4.69) is 20.9 Å². The lowest BCUT2D eigenvalue weighted by molar-refractivity contribution is -0.117. The lowest BCUT2D eigenvalue weighted by atomic mass is 10.1. The van der Waals surface area contributed by atoms with E-state index in [-0.39, 0.29) is 24.1 Å². The molecule has 0 bridgehead atoms. The van der Waals surface area contributed by atoms with Gasteiger partial charge in [0.1, 0.15) is 6.54 Å². The van der Waals surface area contributed by atoms with Crippen LogP contribution in [0.5, 0.6) is 0 Å². The Balaban J connectivity index is 1.69. The Morgan fingerprint density at radius 3 is 2.57 bits per heavy atom. The predicted octanol–water partition coefficient (Wildman–Crippen LogP) is 3.35. The molecule has 2 aromatic carbocycles. The molecule has 3 aromatic rings. The third-order valence-corrected chi connectivity index (χ3v) is 4.44. The quantitative estimate of drug-likeness (QED) is 0.689. The van der Waals surface area contributed by atoms with Gasteiger partial charge >= 0.3 is 0 Å². The van der Waals surface area contributed by atoms with E-state index in [1.807, 2.05) is 62.4 Å². The number of para-hydroxylation sites is 1. The lowest BCUT2D eigenvalue weighted by Crippen LogP contribution is -2.21. The summed E-state index contributed by atoms with van der Waals surface area (Å²) in [5.41, 5.74) is 4.30. The SMILES string of the molecule is CCc1ccccc1NC(=O)c1nnn(CC(=O)Nc2cccc(C)c2)c1C. The molecule has 3 rings (SSSR count). The topological polar surface area (TPSA) is 88.9 Å². The van der Waals surface area contributed by atoms with Crippen molar-refractivity contribution in [3.63, 3.8) is 0 Å². The van der Waals surface area contributed by atoms with E-state index < -0.39 is 0 Å². The van der Waals surface area contributed by atoms with Gasteiger partial charge < -0.3 is 10.6 Å². The maximum absolute atomic E-state index is 12.6. The van der Waals surface area contributed by atoms with E-state index in [0.717, 1.165) is 28.9 Å². The fraction of sp³-hybridized carbons (Fsp3) is 0.238. The number of carbonyl (C=O) groups is 2. The lowest BCUT2D eigenvalue weighted by Gasteiger charge is -2.09. The Kier molecular flexibility index (Phi) is 5.84. The van der Waals surface area contributed by atoms with Crippen molar-refractivity contribution < 1.29 is 9.59 Å². The van der Waals surface area contributed by atoms with Gasteiger partial charge in [-0.1, -0.05) is 42.5 Å². The Bertz CT molecular complexity index is 1010. The zero-order valence-electron chi connectivity index (χ0n) is 16.2. The van der Waals surface area contributed by atoms with Gasteiger partial charge in [-0.25, -0.2) is 4.68 Å². The van der Waals surface area contributed by atoms with Crippen molar-refractivity contribution in [2.45, 2.75) is 33.7 Å². The molecule has 0 aliphatic rings. The second kappa shape index (κ2) is 8.47. The first kappa shape index (κ1) is 19.3. The molecule has 0 saturated carbocycles. The number of carbonyl (C=O) groups excluding carboxylic acids is 2.